The van der Waals surface area contributed by atoms with Crippen molar-refractivity contribution in [2.75, 3.05) is 18.2 Å². The van der Waals surface area contributed by atoms with E-state index in [1.54, 1.807) is 43.3 Å². The van der Waals surface area contributed by atoms with E-state index in [1.165, 1.54) is 0 Å². The number of benzene rings is 2. The number of methoxy groups -OCH3 is 1. The van der Waals surface area contributed by atoms with E-state index in [-0.39, 0.29) is 5.91 Å². The molecular weight excluding hydrogens is 370 g/mol. The van der Waals surface area contributed by atoms with Gasteiger partial charge in [0.2, 0.25) is 5.91 Å². The summed E-state index contributed by atoms with van der Waals surface area (Å²) in [6, 6.07) is 15.1. The molecule has 0 fully saturated rings. The third-order valence-electron chi connectivity index (χ3n) is 3.64. The number of nitrogens with zero attached hydrogens (tertiary/aromatic N) is 2. The zero-order chi connectivity index (χ0) is 18.4. The van der Waals surface area contributed by atoms with Crippen LogP contribution in [0.5, 0.6) is 5.75 Å². The Morgan fingerprint density at radius 2 is 2.08 bits per heavy atom. The first-order valence-corrected chi connectivity index (χ1v) is 9.49. The second-order valence-corrected chi connectivity index (χ2v) is 6.92. The van der Waals surface area contributed by atoms with E-state index in [4.69, 9.17) is 16.3 Å². The SMILES string of the molecule is COc1ccc(Cl)cc1NC(=O)CSCc1ccc(-n2cccn2)cc1. The van der Waals surface area contributed by atoms with E-state index in [9.17, 15) is 4.79 Å². The van der Waals surface area contributed by atoms with Crippen LogP contribution in [0, 0.1) is 0 Å². The molecule has 0 aliphatic heterocycles. The quantitative estimate of drug-likeness (QED) is 0.652. The van der Waals surface area contributed by atoms with Gasteiger partial charge in [-0.15, -0.1) is 11.8 Å². The van der Waals surface area contributed by atoms with Crippen LogP contribution in [0.2, 0.25) is 5.02 Å². The minimum Gasteiger partial charge on any atom is -0.495 e. The molecule has 2 aromatic carbocycles. The van der Waals surface area contributed by atoms with Gasteiger partial charge in [0, 0.05) is 23.2 Å². The van der Waals surface area contributed by atoms with Crippen LogP contribution in [-0.4, -0.2) is 28.6 Å². The molecule has 0 spiro atoms. The van der Waals surface area contributed by atoms with E-state index >= 15 is 0 Å². The van der Waals surface area contributed by atoms with Crippen LogP contribution in [0.3, 0.4) is 0 Å². The second kappa shape index (κ2) is 8.78. The molecule has 0 bridgehead atoms. The highest BCUT2D eigenvalue weighted by atomic mass is 35.5. The number of rotatable bonds is 7. The molecule has 1 heterocycles. The summed E-state index contributed by atoms with van der Waals surface area (Å²) >= 11 is 7.52. The van der Waals surface area contributed by atoms with E-state index in [0.29, 0.717) is 22.2 Å². The summed E-state index contributed by atoms with van der Waals surface area (Å²) < 4.78 is 7.04. The number of hydrogen-bond donors (Lipinski definition) is 1. The summed E-state index contributed by atoms with van der Waals surface area (Å²) in [6.07, 6.45) is 3.65. The van der Waals surface area contributed by atoms with Crippen LogP contribution >= 0.6 is 23.4 Å². The molecule has 0 unspecified atom stereocenters. The van der Waals surface area contributed by atoms with Gasteiger partial charge in [0.1, 0.15) is 5.75 Å². The molecule has 7 heteroatoms. The van der Waals surface area contributed by atoms with Gasteiger partial charge in [-0.3, -0.25) is 4.79 Å². The lowest BCUT2D eigenvalue weighted by atomic mass is 10.2. The molecule has 0 saturated heterocycles. The molecule has 1 N–H and O–H groups in total. The number of carbonyl (C=O) groups excluding carboxylic acids is 1. The van der Waals surface area contributed by atoms with Crippen molar-refractivity contribution in [3.8, 4) is 11.4 Å². The highest BCUT2D eigenvalue weighted by molar-refractivity contribution is 7.99. The van der Waals surface area contributed by atoms with Gasteiger partial charge in [0.15, 0.2) is 0 Å². The Balaban J connectivity index is 1.50. The van der Waals surface area contributed by atoms with Crippen LogP contribution in [0.4, 0.5) is 5.69 Å². The van der Waals surface area contributed by atoms with Gasteiger partial charge in [-0.05, 0) is 42.0 Å². The lowest BCUT2D eigenvalue weighted by Gasteiger charge is -2.10. The zero-order valence-electron chi connectivity index (χ0n) is 14.2. The number of hydrogen-bond acceptors (Lipinski definition) is 4. The Hall–Kier alpha value is -2.44. The number of anilines is 1. The Morgan fingerprint density at radius 3 is 2.77 bits per heavy atom. The molecule has 3 aromatic rings. The van der Waals surface area contributed by atoms with Gasteiger partial charge in [0.25, 0.3) is 0 Å². The van der Waals surface area contributed by atoms with Crippen LogP contribution in [0.15, 0.2) is 60.9 Å². The van der Waals surface area contributed by atoms with E-state index in [2.05, 4.69) is 10.4 Å². The van der Waals surface area contributed by atoms with Gasteiger partial charge >= 0.3 is 0 Å². The monoisotopic (exact) mass is 387 g/mol. The molecular formula is C19H18ClN3O2S. The first-order chi connectivity index (χ1) is 12.7. The summed E-state index contributed by atoms with van der Waals surface area (Å²) in [7, 11) is 1.56. The Kier molecular flexibility index (Phi) is 6.20. The van der Waals surface area contributed by atoms with Gasteiger partial charge in [-0.2, -0.15) is 5.10 Å². The molecule has 1 aromatic heterocycles. The van der Waals surface area contributed by atoms with Crippen molar-refractivity contribution in [1.29, 1.82) is 0 Å². The largest absolute Gasteiger partial charge is 0.495 e. The van der Waals surface area contributed by atoms with Crippen molar-refractivity contribution in [1.82, 2.24) is 9.78 Å². The Bertz CT molecular complexity index is 867. The fourth-order valence-corrected chi connectivity index (χ4v) is 3.35. The van der Waals surface area contributed by atoms with Crippen LogP contribution in [-0.2, 0) is 10.5 Å². The maximum atomic E-state index is 12.1. The number of nitrogens with one attached hydrogen (secondary N) is 1. The van der Waals surface area contributed by atoms with Crippen molar-refractivity contribution in [2.45, 2.75) is 5.75 Å². The molecule has 3 rings (SSSR count). The molecule has 134 valence electrons. The molecule has 0 saturated carbocycles. The standard InChI is InChI=1S/C19H18ClN3O2S/c1-25-18-8-5-15(20)11-17(18)22-19(24)13-26-12-14-3-6-16(7-4-14)23-10-2-9-21-23/h2-11H,12-13H2,1H3,(H,22,24). The average Bonchev–Trinajstić information content (AvgIpc) is 3.17. The van der Waals surface area contributed by atoms with Crippen molar-refractivity contribution in [2.24, 2.45) is 0 Å². The highest BCUT2D eigenvalue weighted by Crippen LogP contribution is 2.27. The van der Waals surface area contributed by atoms with Crippen LogP contribution in [0.1, 0.15) is 5.56 Å². The molecule has 26 heavy (non-hydrogen) atoms. The normalized spacial score (nSPS) is 10.5. The maximum Gasteiger partial charge on any atom is 0.234 e. The lowest BCUT2D eigenvalue weighted by molar-refractivity contribution is -0.113. The fraction of sp³-hybridized carbons (Fsp3) is 0.158. The van der Waals surface area contributed by atoms with Gasteiger partial charge < -0.3 is 10.1 Å². The van der Waals surface area contributed by atoms with E-state index < -0.39 is 0 Å². The molecule has 0 radical (unpaired) electrons. The molecule has 0 aliphatic carbocycles. The summed E-state index contributed by atoms with van der Waals surface area (Å²) in [5.74, 6) is 1.58. The van der Waals surface area contributed by atoms with Crippen molar-refractivity contribution >= 4 is 35.0 Å². The average molecular weight is 388 g/mol. The smallest absolute Gasteiger partial charge is 0.234 e. The van der Waals surface area contributed by atoms with E-state index in [0.717, 1.165) is 17.0 Å². The predicted octanol–water partition coefficient (Wildman–Crippen LogP) is 4.41. The number of aromatic nitrogens is 2. The summed E-state index contributed by atoms with van der Waals surface area (Å²) in [6.45, 7) is 0. The topological polar surface area (TPSA) is 56.1 Å². The van der Waals surface area contributed by atoms with Crippen LogP contribution in [0.25, 0.3) is 5.69 Å². The van der Waals surface area contributed by atoms with Gasteiger partial charge in [0.05, 0.1) is 24.2 Å². The van der Waals surface area contributed by atoms with E-state index in [1.807, 2.05) is 41.2 Å². The van der Waals surface area contributed by atoms with Crippen LogP contribution < -0.4 is 10.1 Å². The summed E-state index contributed by atoms with van der Waals surface area (Å²) in [5.41, 5.74) is 2.74. The van der Waals surface area contributed by atoms with Crippen molar-refractivity contribution in [3.05, 3.63) is 71.5 Å². The van der Waals surface area contributed by atoms with Gasteiger partial charge in [-0.25, -0.2) is 4.68 Å². The molecule has 0 aliphatic rings. The second-order valence-electron chi connectivity index (χ2n) is 5.50. The zero-order valence-corrected chi connectivity index (χ0v) is 15.8. The summed E-state index contributed by atoms with van der Waals surface area (Å²) in [4.78, 5) is 12.1. The molecule has 0 atom stereocenters. The predicted molar refractivity (Wildman–Crippen MR) is 106 cm³/mol. The minimum absolute atomic E-state index is 0.0938. The van der Waals surface area contributed by atoms with Gasteiger partial charge in [-0.1, -0.05) is 23.7 Å². The minimum atomic E-state index is -0.0938. The lowest BCUT2D eigenvalue weighted by Crippen LogP contribution is -2.14. The Morgan fingerprint density at radius 1 is 1.27 bits per heavy atom. The number of carbonyl (C=O) groups is 1. The first-order valence-electron chi connectivity index (χ1n) is 7.96. The number of amides is 1. The molecule has 1 amide bonds. The first kappa shape index (κ1) is 18.4. The van der Waals surface area contributed by atoms with Crippen molar-refractivity contribution in [3.63, 3.8) is 0 Å². The maximum absolute atomic E-state index is 12.1. The number of halogens is 1. The highest BCUT2D eigenvalue weighted by Gasteiger charge is 2.08. The summed E-state index contributed by atoms with van der Waals surface area (Å²) in [5, 5.41) is 7.58. The third-order valence-corrected chi connectivity index (χ3v) is 4.88. The number of thioether (sulfide) groups is 1. The fourth-order valence-electron chi connectivity index (χ4n) is 2.39. The third kappa shape index (κ3) is 4.80. The van der Waals surface area contributed by atoms with Crippen molar-refractivity contribution < 1.29 is 9.53 Å². The molecule has 5 nitrogen and oxygen atoms in total. The number of ether oxygens (including phenoxy) is 1. The Labute approximate surface area is 161 Å².